The van der Waals surface area contributed by atoms with E-state index < -0.39 is 48.9 Å². The molecule has 0 unspecified atom stereocenters. The van der Waals surface area contributed by atoms with Gasteiger partial charge in [-0.1, -0.05) is 189 Å². The van der Waals surface area contributed by atoms with Crippen molar-refractivity contribution in [1.29, 1.82) is 0 Å². The van der Waals surface area contributed by atoms with Crippen LogP contribution in [-0.4, -0.2) is 19.6 Å². The molecule has 0 spiro atoms. The van der Waals surface area contributed by atoms with Crippen LogP contribution in [0.2, 0.25) is 0 Å². The molecule has 352 valence electrons. The van der Waals surface area contributed by atoms with Crippen LogP contribution >= 0.6 is 0 Å². The van der Waals surface area contributed by atoms with E-state index in [-0.39, 0.29) is 55.2 Å². The van der Waals surface area contributed by atoms with Crippen molar-refractivity contribution >= 4 is 11.0 Å². The summed E-state index contributed by atoms with van der Waals surface area (Å²) in [5, 5.41) is 12.6. The summed E-state index contributed by atoms with van der Waals surface area (Å²) in [5.74, 6) is 0.501. The molecule has 2 heterocycles. The van der Waals surface area contributed by atoms with Gasteiger partial charge in [-0.3, -0.25) is 9.55 Å². The molecule has 69 heavy (non-hydrogen) atoms. The van der Waals surface area contributed by atoms with Gasteiger partial charge >= 0.3 is 0 Å². The molecular weight excluding hydrogens is 1020 g/mol. The maximum Gasteiger partial charge on any atom is 0.148 e. The van der Waals surface area contributed by atoms with Crippen LogP contribution in [0.1, 0.15) is 128 Å². The van der Waals surface area contributed by atoms with Gasteiger partial charge in [-0.25, -0.2) is 4.98 Å². The second kappa shape index (κ2) is 19.2. The van der Waals surface area contributed by atoms with Gasteiger partial charge in [0.1, 0.15) is 11.6 Å². The molecule has 0 amide bonds. The predicted octanol–water partition coefficient (Wildman–Crippen LogP) is 17.4. The van der Waals surface area contributed by atoms with Gasteiger partial charge in [0, 0.05) is 46.7 Å². The Bertz CT molecular complexity index is 3760. The zero-order valence-corrected chi connectivity index (χ0v) is 43.2. The largest absolute Gasteiger partial charge is 0.507 e. The van der Waals surface area contributed by atoms with E-state index in [4.69, 9.17) is 23.7 Å². The van der Waals surface area contributed by atoms with Crippen LogP contribution in [0, 0.1) is 19.8 Å². The summed E-state index contributed by atoms with van der Waals surface area (Å²) >= 11 is 0. The maximum absolute atomic E-state index is 12.6. The number of nitrogens with zero attached hydrogens (tertiary/aromatic N) is 3. The Kier molecular flexibility index (Phi) is 10.4. The fourth-order valence-corrected chi connectivity index (χ4v) is 8.85. The molecule has 0 bridgehead atoms. The third kappa shape index (κ3) is 9.79. The molecule has 0 aliphatic rings. The summed E-state index contributed by atoms with van der Waals surface area (Å²) in [4.78, 5) is 10.3. The molecule has 0 aliphatic heterocycles. The Morgan fingerprint density at radius 2 is 1.30 bits per heavy atom. The van der Waals surface area contributed by atoms with Crippen molar-refractivity contribution in [1.82, 2.24) is 14.5 Å². The molecule has 0 atom stereocenters. The van der Waals surface area contributed by atoms with Crippen LogP contribution in [0.4, 0.5) is 0 Å². The minimum Gasteiger partial charge on any atom is -0.507 e. The van der Waals surface area contributed by atoms with Crippen molar-refractivity contribution < 1.29 is 39.9 Å². The van der Waals surface area contributed by atoms with Crippen LogP contribution in [-0.2, 0) is 31.9 Å². The van der Waals surface area contributed by atoms with Crippen molar-refractivity contribution in [2.75, 3.05) is 0 Å². The molecular formula is C64H64N3OPt-. The van der Waals surface area contributed by atoms with E-state index in [9.17, 15) is 5.11 Å². The number of aromatic nitrogens is 3. The molecule has 2 aromatic heterocycles. The number of phenolic OH excluding ortho intramolecular Hbond substituents is 1. The number of hydrogen-bond donors (Lipinski definition) is 1. The molecule has 7 aromatic carbocycles. The first-order valence-corrected chi connectivity index (χ1v) is 23.3. The van der Waals surface area contributed by atoms with E-state index in [0.717, 1.165) is 38.9 Å². The van der Waals surface area contributed by atoms with E-state index in [0.29, 0.717) is 61.6 Å². The Morgan fingerprint density at radius 1 is 0.609 bits per heavy atom. The summed E-state index contributed by atoms with van der Waals surface area (Å²) in [6.07, 6.45) is 1.52. The van der Waals surface area contributed by atoms with Gasteiger partial charge in [0.2, 0.25) is 0 Å². The first-order valence-electron chi connectivity index (χ1n) is 28.3. The number of pyridine rings is 1. The second-order valence-electron chi connectivity index (χ2n) is 20.5. The number of fused-ring (bicyclic) bond motifs is 1. The Labute approximate surface area is 438 Å². The smallest absolute Gasteiger partial charge is 0.148 e. The average molecular weight is 1100 g/mol. The van der Waals surface area contributed by atoms with Crippen molar-refractivity contribution in [3.05, 3.63) is 191 Å². The molecule has 4 nitrogen and oxygen atoms in total. The Hall–Kier alpha value is -6.35. The van der Waals surface area contributed by atoms with Gasteiger partial charge in [-0.05, 0) is 117 Å². The van der Waals surface area contributed by atoms with Gasteiger partial charge in [-0.2, -0.15) is 0 Å². The maximum atomic E-state index is 12.6. The number of benzene rings is 7. The molecule has 5 heteroatoms. The third-order valence-corrected chi connectivity index (χ3v) is 12.9. The minimum absolute atomic E-state index is 0. The molecule has 9 aromatic rings. The first kappa shape index (κ1) is 37.5. The van der Waals surface area contributed by atoms with E-state index >= 15 is 0 Å². The number of imidazole rings is 1. The second-order valence-corrected chi connectivity index (χ2v) is 20.5. The van der Waals surface area contributed by atoms with Crippen LogP contribution in [0.3, 0.4) is 0 Å². The minimum atomic E-state index is -2.86. The van der Waals surface area contributed by atoms with E-state index in [1.54, 1.807) is 18.2 Å². The quantitative estimate of drug-likeness (QED) is 0.147. The molecule has 0 saturated heterocycles. The van der Waals surface area contributed by atoms with Crippen molar-refractivity contribution in [2.24, 2.45) is 0 Å². The Morgan fingerprint density at radius 3 is 1.96 bits per heavy atom. The Balaban J connectivity index is 0.00000822. The van der Waals surface area contributed by atoms with Gasteiger partial charge in [0.05, 0.1) is 27.8 Å². The van der Waals surface area contributed by atoms with Crippen LogP contribution < -0.4 is 0 Å². The van der Waals surface area contributed by atoms with Crippen LogP contribution in [0.15, 0.2) is 152 Å². The summed E-state index contributed by atoms with van der Waals surface area (Å²) < 4.78 is 88.1. The summed E-state index contributed by atoms with van der Waals surface area (Å²) in [5.41, 5.74) is 10.5. The number of aromatic hydroxyl groups is 1. The van der Waals surface area contributed by atoms with Crippen molar-refractivity contribution in [3.63, 3.8) is 0 Å². The molecule has 0 aliphatic carbocycles. The van der Waals surface area contributed by atoms with E-state index in [2.05, 4.69) is 91.8 Å². The van der Waals surface area contributed by atoms with Gasteiger partial charge in [-0.15, -0.1) is 29.3 Å². The van der Waals surface area contributed by atoms with Gasteiger partial charge in [0.25, 0.3) is 0 Å². The van der Waals surface area contributed by atoms with Crippen LogP contribution in [0.5, 0.6) is 5.75 Å². The monoisotopic (exact) mass is 1100 g/mol. The fourth-order valence-electron chi connectivity index (χ4n) is 8.85. The predicted molar refractivity (Wildman–Crippen MR) is 287 cm³/mol. The number of hydrogen-bond acceptors (Lipinski definition) is 3. The standard InChI is InChI=1S/C64H64N3O.Pt/c1-39(2)47-35-53(40(3)4)61(68)56(36-47)62-66-60-52(48-32-49(34-51(33-48)64(10,11)12)57-37-46(29-30-65-57)43-23-21-41(5)22-24-43)19-16-20-58(60)67(62)59-31-42(6)54(44-17-14-13-15-18-44)38-55(59)45-25-27-50(28-26-45)63(7,8)9;/h13-31,33-40,68H,1-12H3;/q-1;/i5D3,6D3,21D,22D,23D,24D;. The third-order valence-electron chi connectivity index (χ3n) is 12.9. The van der Waals surface area contributed by atoms with Crippen molar-refractivity contribution in [2.45, 2.75) is 106 Å². The van der Waals surface area contributed by atoms with Gasteiger partial charge < -0.3 is 5.11 Å². The molecule has 0 fully saturated rings. The van der Waals surface area contributed by atoms with Crippen LogP contribution in [0.25, 0.3) is 83.9 Å². The van der Waals surface area contributed by atoms with Gasteiger partial charge in [0.15, 0.2) is 0 Å². The fraction of sp³-hybridized carbons (Fsp3) is 0.250. The molecule has 1 N–H and O–H groups in total. The zero-order chi connectivity index (χ0) is 56.7. The summed E-state index contributed by atoms with van der Waals surface area (Å²) in [6, 6.07) is 40.3. The number of rotatable bonds is 9. The summed E-state index contributed by atoms with van der Waals surface area (Å²) in [6.45, 7) is 15.7. The average Bonchev–Trinajstić information content (AvgIpc) is 4.02. The first-order chi connectivity index (χ1) is 36.4. The SMILES string of the molecule is [2H]c1c([2H])c(C([2H])([2H])[2H])c([2H])c([2H])c1-c1ccnc(-c2[c-]c(-c3cccc4c3nc(-c3cc(C(C)C)cc(C(C)C)c3O)n4-c3cc(C([2H])([2H])[2H])c(-c4ccccc4)cc3-c3ccc(C(C)(C)C)cc3)cc(C(C)(C)C)c2)c1.[Pt]. The topological polar surface area (TPSA) is 50.9 Å². The number of phenols is 1. The molecule has 9 rings (SSSR count). The summed E-state index contributed by atoms with van der Waals surface area (Å²) in [7, 11) is 0. The number of para-hydroxylation sites is 1. The van der Waals surface area contributed by atoms with E-state index in [1.807, 2.05) is 91.2 Å². The van der Waals surface area contributed by atoms with E-state index in [1.165, 1.54) is 6.20 Å². The number of aryl methyl sites for hydroxylation is 1. The zero-order valence-electron chi connectivity index (χ0n) is 50.9. The van der Waals surface area contributed by atoms with Crippen molar-refractivity contribution in [3.8, 4) is 78.6 Å². The normalized spacial score (nSPS) is 14.4. The molecule has 0 radical (unpaired) electrons. The molecule has 0 saturated carbocycles.